The van der Waals surface area contributed by atoms with E-state index < -0.39 is 0 Å². The van der Waals surface area contributed by atoms with Gasteiger partial charge >= 0.3 is 5.90 Å². The molecule has 0 saturated heterocycles. The molecule has 0 N–H and O–H groups in total. The Bertz CT molecular complexity index is 828. The number of guanidine groups is 1. The fourth-order valence-corrected chi connectivity index (χ4v) is 2.78. The van der Waals surface area contributed by atoms with Gasteiger partial charge in [0.1, 0.15) is 0 Å². The standard InChI is InChI=1S/C21H26N5O/c1-17(14-18-10-6-4-7-11-18)26-16-20(27-24-26)23-21(25(2)3)22-15-19-12-8-5-9-13-19/h4-13,17H,14-16H2,1-3H3/q+1/b22-21?,23-20+. The average Bonchev–Trinajstić information content (AvgIpc) is 3.15. The number of aliphatic imine (C=N–C) groups is 2. The molecule has 140 valence electrons. The Morgan fingerprint density at radius 2 is 1.70 bits per heavy atom. The minimum atomic E-state index is 0.226. The van der Waals surface area contributed by atoms with Crippen LogP contribution >= 0.6 is 0 Å². The van der Waals surface area contributed by atoms with E-state index in [9.17, 15) is 0 Å². The van der Waals surface area contributed by atoms with Crippen LogP contribution in [-0.2, 0) is 17.8 Å². The Kier molecular flexibility index (Phi) is 6.30. The van der Waals surface area contributed by atoms with Crippen molar-refractivity contribution in [2.45, 2.75) is 25.9 Å². The normalized spacial score (nSPS) is 16.8. The summed E-state index contributed by atoms with van der Waals surface area (Å²) in [4.78, 5) is 16.5. The number of benzene rings is 2. The van der Waals surface area contributed by atoms with Crippen molar-refractivity contribution in [1.29, 1.82) is 0 Å². The van der Waals surface area contributed by atoms with E-state index in [0.717, 1.165) is 12.0 Å². The Morgan fingerprint density at radius 1 is 1.07 bits per heavy atom. The SMILES string of the molecule is CC(Cc1ccccc1)[N+]1=NO/C(=N/C(=NCc2ccccc2)N(C)C)C1. The van der Waals surface area contributed by atoms with Gasteiger partial charge in [0.15, 0.2) is 11.3 Å². The van der Waals surface area contributed by atoms with Crippen LogP contribution in [0.2, 0.25) is 0 Å². The van der Waals surface area contributed by atoms with Gasteiger partial charge in [0.25, 0.3) is 6.54 Å². The van der Waals surface area contributed by atoms with Gasteiger partial charge in [0, 0.05) is 27.4 Å². The van der Waals surface area contributed by atoms with Crippen LogP contribution in [-0.4, -0.2) is 48.1 Å². The summed E-state index contributed by atoms with van der Waals surface area (Å²) in [6.07, 6.45) is 0.906. The summed E-state index contributed by atoms with van der Waals surface area (Å²) in [6.45, 7) is 3.27. The third-order valence-electron chi connectivity index (χ3n) is 4.30. The van der Waals surface area contributed by atoms with Gasteiger partial charge < -0.3 is 4.90 Å². The maximum absolute atomic E-state index is 5.45. The van der Waals surface area contributed by atoms with Crippen LogP contribution in [0.4, 0.5) is 0 Å². The molecule has 0 aliphatic carbocycles. The van der Waals surface area contributed by atoms with Gasteiger partial charge in [-0.25, -0.2) is 4.99 Å². The van der Waals surface area contributed by atoms with Crippen LogP contribution in [0.3, 0.4) is 0 Å². The molecule has 2 aromatic rings. The van der Waals surface area contributed by atoms with Crippen LogP contribution in [0.5, 0.6) is 0 Å². The van der Waals surface area contributed by atoms with Gasteiger partial charge in [-0.05, 0) is 11.1 Å². The molecule has 0 aromatic heterocycles. The van der Waals surface area contributed by atoms with E-state index in [1.54, 1.807) is 0 Å². The Labute approximate surface area is 160 Å². The quantitative estimate of drug-likeness (QED) is 0.463. The number of rotatable bonds is 5. The van der Waals surface area contributed by atoms with Crippen molar-refractivity contribution >= 4 is 11.9 Å². The first-order valence-electron chi connectivity index (χ1n) is 9.13. The van der Waals surface area contributed by atoms with Crippen molar-refractivity contribution in [3.8, 4) is 0 Å². The summed E-state index contributed by atoms with van der Waals surface area (Å²) in [5.41, 5.74) is 2.43. The number of hydrogen-bond acceptors (Lipinski definition) is 3. The average molecular weight is 364 g/mol. The Balaban J connectivity index is 1.63. The zero-order chi connectivity index (χ0) is 19.1. The maximum Gasteiger partial charge on any atom is 0.301 e. The van der Waals surface area contributed by atoms with Crippen molar-refractivity contribution in [1.82, 2.24) is 4.90 Å². The van der Waals surface area contributed by atoms with Crippen molar-refractivity contribution < 1.29 is 9.53 Å². The third-order valence-corrected chi connectivity index (χ3v) is 4.30. The van der Waals surface area contributed by atoms with E-state index in [2.05, 4.69) is 58.6 Å². The molecular formula is C21H26N5O+. The van der Waals surface area contributed by atoms with Crippen molar-refractivity contribution in [2.75, 3.05) is 20.6 Å². The molecule has 0 radical (unpaired) electrons. The van der Waals surface area contributed by atoms with Crippen molar-refractivity contribution in [2.24, 2.45) is 15.3 Å². The van der Waals surface area contributed by atoms with Gasteiger partial charge in [0.2, 0.25) is 5.96 Å². The summed E-state index contributed by atoms with van der Waals surface area (Å²) in [7, 11) is 3.85. The summed E-state index contributed by atoms with van der Waals surface area (Å²) >= 11 is 0. The highest BCUT2D eigenvalue weighted by Gasteiger charge is 2.29. The van der Waals surface area contributed by atoms with Crippen molar-refractivity contribution in [3.05, 3.63) is 71.8 Å². The molecule has 3 rings (SSSR count). The van der Waals surface area contributed by atoms with E-state index in [-0.39, 0.29) is 6.04 Å². The highest BCUT2D eigenvalue weighted by molar-refractivity contribution is 5.93. The molecular weight excluding hydrogens is 338 g/mol. The predicted octanol–water partition coefficient (Wildman–Crippen LogP) is 3.54. The van der Waals surface area contributed by atoms with Crippen LogP contribution in [0.25, 0.3) is 0 Å². The topological polar surface area (TPSA) is 52.6 Å². The van der Waals surface area contributed by atoms with E-state index in [0.29, 0.717) is 24.9 Å². The Hall–Kier alpha value is -3.02. The van der Waals surface area contributed by atoms with Crippen LogP contribution in [0.15, 0.2) is 75.9 Å². The molecule has 0 spiro atoms. The fourth-order valence-electron chi connectivity index (χ4n) is 2.78. The fraction of sp³-hybridized carbons (Fsp3) is 0.333. The van der Waals surface area contributed by atoms with Gasteiger partial charge in [-0.1, -0.05) is 65.4 Å². The molecule has 2 aromatic carbocycles. The van der Waals surface area contributed by atoms with Gasteiger partial charge in [-0.15, -0.1) is 0 Å². The van der Waals surface area contributed by atoms with E-state index in [4.69, 9.17) is 4.84 Å². The van der Waals surface area contributed by atoms with E-state index >= 15 is 0 Å². The second kappa shape index (κ2) is 9.07. The molecule has 1 unspecified atom stereocenters. The summed E-state index contributed by atoms with van der Waals surface area (Å²) in [6, 6.07) is 20.7. The van der Waals surface area contributed by atoms with E-state index in [1.807, 2.05) is 48.0 Å². The van der Waals surface area contributed by atoms with Gasteiger partial charge in [-0.2, -0.15) is 4.99 Å². The smallest absolute Gasteiger partial charge is 0.301 e. The minimum Gasteiger partial charge on any atom is -0.347 e. The molecule has 0 bridgehead atoms. The first-order chi connectivity index (χ1) is 13.1. The Morgan fingerprint density at radius 3 is 2.33 bits per heavy atom. The zero-order valence-electron chi connectivity index (χ0n) is 16.1. The molecule has 1 heterocycles. The molecule has 1 aliphatic rings. The lowest BCUT2D eigenvalue weighted by atomic mass is 10.1. The monoisotopic (exact) mass is 364 g/mol. The predicted molar refractivity (Wildman–Crippen MR) is 107 cm³/mol. The molecule has 0 saturated carbocycles. The molecule has 1 atom stereocenters. The maximum atomic E-state index is 5.45. The molecule has 6 nitrogen and oxygen atoms in total. The lowest BCUT2D eigenvalue weighted by Gasteiger charge is -2.11. The lowest BCUT2D eigenvalue weighted by molar-refractivity contribution is -0.616. The summed E-state index contributed by atoms with van der Waals surface area (Å²) < 4.78 is 1.93. The minimum absolute atomic E-state index is 0.226. The van der Waals surface area contributed by atoms with Crippen LogP contribution in [0.1, 0.15) is 18.1 Å². The van der Waals surface area contributed by atoms with E-state index in [1.165, 1.54) is 5.56 Å². The highest BCUT2D eigenvalue weighted by Crippen LogP contribution is 2.10. The molecule has 6 heteroatoms. The van der Waals surface area contributed by atoms with Gasteiger partial charge in [-0.3, -0.25) is 4.84 Å². The first-order valence-corrected chi connectivity index (χ1v) is 9.13. The molecule has 0 amide bonds. The largest absolute Gasteiger partial charge is 0.347 e. The third kappa shape index (κ3) is 5.48. The second-order valence-electron chi connectivity index (χ2n) is 6.81. The molecule has 27 heavy (non-hydrogen) atoms. The molecule has 0 fully saturated rings. The lowest BCUT2D eigenvalue weighted by Crippen LogP contribution is -2.27. The van der Waals surface area contributed by atoms with Crippen LogP contribution in [0, 0.1) is 0 Å². The summed E-state index contributed by atoms with van der Waals surface area (Å²) in [5.74, 6) is 1.19. The van der Waals surface area contributed by atoms with Crippen molar-refractivity contribution in [3.63, 3.8) is 0 Å². The van der Waals surface area contributed by atoms with Gasteiger partial charge in [0.05, 0.1) is 6.54 Å². The zero-order valence-corrected chi connectivity index (χ0v) is 16.1. The summed E-state index contributed by atoms with van der Waals surface area (Å²) in [5, 5.41) is 4.17. The highest BCUT2D eigenvalue weighted by atomic mass is 16.7. The first kappa shape index (κ1) is 18.8. The molecule has 1 aliphatic heterocycles. The number of nitrogens with zero attached hydrogens (tertiary/aromatic N) is 5. The van der Waals surface area contributed by atoms with Crippen LogP contribution < -0.4 is 0 Å². The second-order valence-corrected chi connectivity index (χ2v) is 6.81. The number of hydrogen-bond donors (Lipinski definition) is 0.